The number of ether oxygens (including phenoxy) is 1. The highest BCUT2D eigenvalue weighted by atomic mass is 16.5. The molecule has 1 fully saturated rings. The minimum Gasteiger partial charge on any atom is -0.565 e. The number of hydrogen-bond acceptors (Lipinski definition) is 6. The molecule has 0 aromatic rings. The molecule has 1 aliphatic carbocycles. The van der Waals surface area contributed by atoms with Gasteiger partial charge in [0, 0.05) is 19.8 Å². The first-order valence-electron chi connectivity index (χ1n) is 8.81. The summed E-state index contributed by atoms with van der Waals surface area (Å²) in [6.07, 6.45) is 4.95. The van der Waals surface area contributed by atoms with Gasteiger partial charge in [-0.2, -0.15) is 0 Å². The fourth-order valence-corrected chi connectivity index (χ4v) is 3.11. The first kappa shape index (κ1) is 19.8. The molecular formula is C18H28BN2O4. The smallest absolute Gasteiger partial charge is 0.373 e. The number of carbonyl (C=O) groups excluding carboxylic acids is 1. The monoisotopic (exact) mass is 347 g/mol. The maximum atomic E-state index is 10.8. The molecule has 0 saturated heterocycles. The lowest BCUT2D eigenvalue weighted by Crippen LogP contribution is -2.35. The van der Waals surface area contributed by atoms with Crippen LogP contribution in [0.3, 0.4) is 0 Å². The largest absolute Gasteiger partial charge is 0.565 e. The van der Waals surface area contributed by atoms with E-state index in [2.05, 4.69) is 24.1 Å². The molecule has 25 heavy (non-hydrogen) atoms. The fraction of sp³-hybridized carbons (Fsp3) is 0.611. The van der Waals surface area contributed by atoms with E-state index in [0.717, 1.165) is 17.6 Å². The van der Waals surface area contributed by atoms with Crippen LogP contribution in [0.25, 0.3) is 0 Å². The van der Waals surface area contributed by atoms with Crippen molar-refractivity contribution in [1.29, 1.82) is 0 Å². The van der Waals surface area contributed by atoms with Crippen LogP contribution in [0.4, 0.5) is 0 Å². The number of fused-ring (bicyclic) bond motifs is 1. The van der Waals surface area contributed by atoms with Gasteiger partial charge < -0.3 is 29.9 Å². The summed E-state index contributed by atoms with van der Waals surface area (Å²) in [5, 5.41) is 14.9. The van der Waals surface area contributed by atoms with Crippen LogP contribution in [-0.2, 0) is 14.2 Å². The molecule has 4 unspecified atom stereocenters. The average Bonchev–Trinajstić information content (AvgIpc) is 3.24. The first-order chi connectivity index (χ1) is 12.1. The van der Waals surface area contributed by atoms with E-state index in [9.17, 15) is 4.79 Å². The van der Waals surface area contributed by atoms with Gasteiger partial charge in [0.05, 0.1) is 18.8 Å². The quantitative estimate of drug-likeness (QED) is 0.123. The molecule has 1 heterocycles. The van der Waals surface area contributed by atoms with Gasteiger partial charge in [-0.1, -0.05) is 19.6 Å². The Kier molecular flexibility index (Phi) is 7.74. The van der Waals surface area contributed by atoms with E-state index in [4.69, 9.17) is 14.5 Å². The van der Waals surface area contributed by atoms with Gasteiger partial charge in [-0.15, -0.1) is 0 Å². The first-order valence-corrected chi connectivity index (χ1v) is 8.81. The van der Waals surface area contributed by atoms with Crippen molar-refractivity contribution in [3.05, 3.63) is 35.8 Å². The van der Waals surface area contributed by atoms with Gasteiger partial charge in [0.2, 0.25) is 0 Å². The van der Waals surface area contributed by atoms with Gasteiger partial charge in [0.15, 0.2) is 0 Å². The highest BCUT2D eigenvalue weighted by molar-refractivity contribution is 6.32. The third kappa shape index (κ3) is 5.73. The summed E-state index contributed by atoms with van der Waals surface area (Å²) >= 11 is 0. The summed E-state index contributed by atoms with van der Waals surface area (Å²) < 4.78 is 11.4. The standard InChI is InChI=1S/C18H28BN2O4/c1-12(24-13(2)10-21-11-20-7-9-23)4-5-15-16(6-8-22)25-19-18-14(3)17(15)18/h4-5,8,13-14,17-18,20-21,23H,1,6-7,9-11H2,2-3H3/b5-4-. The Morgan fingerprint density at radius 3 is 3.04 bits per heavy atom. The van der Waals surface area contributed by atoms with Gasteiger partial charge >= 0.3 is 7.48 Å². The summed E-state index contributed by atoms with van der Waals surface area (Å²) in [5.41, 5.74) is 1.08. The molecule has 6 nitrogen and oxygen atoms in total. The number of aliphatic hydroxyl groups is 1. The van der Waals surface area contributed by atoms with E-state index in [1.807, 2.05) is 26.6 Å². The number of aldehydes is 1. The predicted octanol–water partition coefficient (Wildman–Crippen LogP) is 1.14. The Bertz CT molecular complexity index is 535. The maximum Gasteiger partial charge on any atom is 0.373 e. The normalized spacial score (nSPS) is 25.8. The summed E-state index contributed by atoms with van der Waals surface area (Å²) in [7, 11) is 1.86. The van der Waals surface area contributed by atoms with E-state index < -0.39 is 0 Å². The molecule has 1 saturated carbocycles. The lowest BCUT2D eigenvalue weighted by atomic mass is 9.84. The van der Waals surface area contributed by atoms with Crippen molar-refractivity contribution in [3.8, 4) is 0 Å². The van der Waals surface area contributed by atoms with Crippen LogP contribution in [-0.4, -0.2) is 51.3 Å². The molecule has 4 atom stereocenters. The number of nitrogens with one attached hydrogen (secondary N) is 2. The molecule has 2 rings (SSSR count). The molecule has 137 valence electrons. The highest BCUT2D eigenvalue weighted by Crippen LogP contribution is 2.59. The Balaban J connectivity index is 1.81. The summed E-state index contributed by atoms with van der Waals surface area (Å²) in [4.78, 5) is 10.8. The van der Waals surface area contributed by atoms with Crippen molar-refractivity contribution in [2.45, 2.75) is 32.2 Å². The molecule has 1 aliphatic heterocycles. The van der Waals surface area contributed by atoms with Gasteiger partial charge in [-0.3, -0.25) is 0 Å². The van der Waals surface area contributed by atoms with Gasteiger partial charge in [0.1, 0.15) is 18.1 Å². The number of carbonyl (C=O) groups is 1. The van der Waals surface area contributed by atoms with Crippen molar-refractivity contribution in [2.24, 2.45) is 11.8 Å². The van der Waals surface area contributed by atoms with Crippen LogP contribution in [0.2, 0.25) is 5.82 Å². The van der Waals surface area contributed by atoms with Crippen molar-refractivity contribution in [2.75, 3.05) is 26.4 Å². The lowest BCUT2D eigenvalue weighted by molar-refractivity contribution is -0.107. The molecule has 2 aliphatic rings. The second kappa shape index (κ2) is 9.80. The highest BCUT2D eigenvalue weighted by Gasteiger charge is 2.53. The lowest BCUT2D eigenvalue weighted by Gasteiger charge is -2.18. The van der Waals surface area contributed by atoms with E-state index in [1.165, 1.54) is 0 Å². The molecule has 0 aromatic heterocycles. The van der Waals surface area contributed by atoms with E-state index >= 15 is 0 Å². The number of rotatable bonds is 12. The van der Waals surface area contributed by atoms with Crippen LogP contribution < -0.4 is 10.6 Å². The minimum atomic E-state index is -0.0277. The van der Waals surface area contributed by atoms with Crippen molar-refractivity contribution in [3.63, 3.8) is 0 Å². The minimum absolute atomic E-state index is 0.0277. The zero-order chi connectivity index (χ0) is 18.2. The topological polar surface area (TPSA) is 79.8 Å². The zero-order valence-corrected chi connectivity index (χ0v) is 15.0. The third-order valence-electron chi connectivity index (χ3n) is 4.54. The predicted molar refractivity (Wildman–Crippen MR) is 97.7 cm³/mol. The number of hydrogen-bond donors (Lipinski definition) is 3. The van der Waals surface area contributed by atoms with Crippen LogP contribution in [0.5, 0.6) is 0 Å². The molecule has 1 radical (unpaired) electrons. The molecule has 0 spiro atoms. The Hall–Kier alpha value is -1.57. The van der Waals surface area contributed by atoms with E-state index in [-0.39, 0.29) is 12.7 Å². The SMILES string of the molecule is C=C(/C=C\C1=C(CC=O)O[B]C2C(C)C12)OC(C)CNCNCCO. The fourth-order valence-electron chi connectivity index (χ4n) is 3.11. The molecule has 0 aromatic carbocycles. The van der Waals surface area contributed by atoms with E-state index in [0.29, 0.717) is 49.6 Å². The summed E-state index contributed by atoms with van der Waals surface area (Å²) in [6.45, 7) is 10.1. The van der Waals surface area contributed by atoms with Gasteiger partial charge in [-0.25, -0.2) is 0 Å². The van der Waals surface area contributed by atoms with Gasteiger partial charge in [0.25, 0.3) is 0 Å². The second-order valence-electron chi connectivity index (χ2n) is 6.55. The van der Waals surface area contributed by atoms with Crippen LogP contribution >= 0.6 is 0 Å². The Labute approximate surface area is 150 Å². The second-order valence-corrected chi connectivity index (χ2v) is 6.55. The zero-order valence-electron chi connectivity index (χ0n) is 15.0. The van der Waals surface area contributed by atoms with Crippen LogP contribution in [0, 0.1) is 11.8 Å². The molecule has 7 heteroatoms. The molecule has 0 amide bonds. The Morgan fingerprint density at radius 1 is 1.52 bits per heavy atom. The van der Waals surface area contributed by atoms with Gasteiger partial charge in [-0.05, 0) is 36.2 Å². The molecular weight excluding hydrogens is 319 g/mol. The van der Waals surface area contributed by atoms with Crippen molar-refractivity contribution < 1.29 is 19.3 Å². The molecule has 3 N–H and O–H groups in total. The van der Waals surface area contributed by atoms with E-state index in [1.54, 1.807) is 0 Å². The number of allylic oxidation sites excluding steroid dienone is 4. The van der Waals surface area contributed by atoms with Crippen molar-refractivity contribution in [1.82, 2.24) is 10.6 Å². The summed E-state index contributed by atoms with van der Waals surface area (Å²) in [6, 6.07) is 0. The summed E-state index contributed by atoms with van der Waals surface area (Å²) in [5.74, 6) is 2.74. The van der Waals surface area contributed by atoms with Crippen molar-refractivity contribution >= 4 is 13.8 Å². The third-order valence-corrected chi connectivity index (χ3v) is 4.54. The van der Waals surface area contributed by atoms with Crippen LogP contribution in [0.15, 0.2) is 35.8 Å². The van der Waals surface area contributed by atoms with Crippen LogP contribution in [0.1, 0.15) is 20.3 Å². The number of aliphatic hydroxyl groups excluding tert-OH is 1. The Morgan fingerprint density at radius 2 is 2.32 bits per heavy atom. The average molecular weight is 347 g/mol. The molecule has 0 bridgehead atoms. The maximum absolute atomic E-state index is 10.8.